The van der Waals surface area contributed by atoms with E-state index < -0.39 is 17.5 Å². The van der Waals surface area contributed by atoms with E-state index in [2.05, 4.69) is 5.32 Å². The fourth-order valence-corrected chi connectivity index (χ4v) is 2.27. The summed E-state index contributed by atoms with van der Waals surface area (Å²) in [5.41, 5.74) is 1.52. The van der Waals surface area contributed by atoms with E-state index in [9.17, 15) is 13.2 Å². The Morgan fingerprint density at radius 2 is 1.78 bits per heavy atom. The summed E-state index contributed by atoms with van der Waals surface area (Å²) in [6.07, 6.45) is 0. The monoisotopic (exact) mass is 325 g/mol. The highest BCUT2D eigenvalue weighted by Gasteiger charge is 2.14. The van der Waals surface area contributed by atoms with Crippen molar-refractivity contribution in [2.75, 3.05) is 13.7 Å². The van der Waals surface area contributed by atoms with Crippen molar-refractivity contribution >= 4 is 0 Å². The molecule has 2 aromatic rings. The first-order valence-corrected chi connectivity index (χ1v) is 7.10. The first-order chi connectivity index (χ1) is 11.0. The molecule has 0 saturated heterocycles. The Morgan fingerprint density at radius 3 is 2.43 bits per heavy atom. The second-order valence-electron chi connectivity index (χ2n) is 5.15. The summed E-state index contributed by atoms with van der Waals surface area (Å²) in [5, 5.41) is 12.2. The van der Waals surface area contributed by atoms with Crippen LogP contribution in [0.25, 0.3) is 0 Å². The van der Waals surface area contributed by atoms with Crippen LogP contribution in [-0.4, -0.2) is 18.8 Å². The van der Waals surface area contributed by atoms with Crippen LogP contribution in [0.1, 0.15) is 22.7 Å². The van der Waals surface area contributed by atoms with Crippen LogP contribution in [0.5, 0.6) is 0 Å². The number of aliphatic hydroxyl groups is 1. The zero-order valence-electron chi connectivity index (χ0n) is 12.7. The zero-order valence-corrected chi connectivity index (χ0v) is 12.7. The van der Waals surface area contributed by atoms with Crippen molar-refractivity contribution in [3.63, 3.8) is 0 Å². The van der Waals surface area contributed by atoms with Crippen molar-refractivity contribution in [1.82, 2.24) is 5.32 Å². The zero-order chi connectivity index (χ0) is 16.8. The average molecular weight is 325 g/mol. The fraction of sp³-hybridized carbons (Fsp3) is 0.294. The van der Waals surface area contributed by atoms with E-state index in [-0.39, 0.29) is 24.8 Å². The standard InChI is InChI=1S/C17H18F3NO2/c1-23-10-17(12-3-5-15(19)16(20)7-12)21-8-11-2-4-14(18)13(6-11)9-22/h2-7,17,21-22H,8-10H2,1H3. The number of aliphatic hydroxyl groups excluding tert-OH is 1. The molecule has 0 radical (unpaired) electrons. The van der Waals surface area contributed by atoms with Crippen molar-refractivity contribution in [2.45, 2.75) is 19.2 Å². The molecule has 0 saturated carbocycles. The first kappa shape index (κ1) is 17.5. The first-order valence-electron chi connectivity index (χ1n) is 7.10. The molecule has 0 amide bonds. The smallest absolute Gasteiger partial charge is 0.159 e. The number of hydrogen-bond donors (Lipinski definition) is 2. The van der Waals surface area contributed by atoms with Gasteiger partial charge in [0.2, 0.25) is 0 Å². The van der Waals surface area contributed by atoms with E-state index in [1.807, 2.05) is 0 Å². The number of methoxy groups -OCH3 is 1. The van der Waals surface area contributed by atoms with Gasteiger partial charge >= 0.3 is 0 Å². The average Bonchev–Trinajstić information content (AvgIpc) is 2.55. The van der Waals surface area contributed by atoms with E-state index in [1.54, 1.807) is 12.1 Å². The predicted molar refractivity (Wildman–Crippen MR) is 80.1 cm³/mol. The Balaban J connectivity index is 2.11. The second-order valence-corrected chi connectivity index (χ2v) is 5.15. The molecule has 0 bridgehead atoms. The van der Waals surface area contributed by atoms with E-state index in [4.69, 9.17) is 9.84 Å². The molecule has 0 aliphatic heterocycles. The SMILES string of the molecule is COCC(NCc1ccc(F)c(CO)c1)c1ccc(F)c(F)c1. The van der Waals surface area contributed by atoms with Gasteiger partial charge in [-0.3, -0.25) is 0 Å². The number of hydrogen-bond acceptors (Lipinski definition) is 3. The number of nitrogens with one attached hydrogen (secondary N) is 1. The van der Waals surface area contributed by atoms with Crippen molar-refractivity contribution in [2.24, 2.45) is 0 Å². The maximum Gasteiger partial charge on any atom is 0.159 e. The van der Waals surface area contributed by atoms with Crippen LogP contribution < -0.4 is 5.32 Å². The van der Waals surface area contributed by atoms with Crippen molar-refractivity contribution in [3.8, 4) is 0 Å². The highest BCUT2D eigenvalue weighted by molar-refractivity contribution is 5.25. The lowest BCUT2D eigenvalue weighted by Gasteiger charge is -2.19. The molecule has 2 aromatic carbocycles. The molecule has 6 heteroatoms. The molecule has 124 valence electrons. The number of benzene rings is 2. The molecule has 0 aromatic heterocycles. The van der Waals surface area contributed by atoms with Crippen LogP contribution in [0.15, 0.2) is 36.4 Å². The van der Waals surface area contributed by atoms with Gasteiger partial charge in [0.25, 0.3) is 0 Å². The summed E-state index contributed by atoms with van der Waals surface area (Å²) < 4.78 is 44.9. The van der Waals surface area contributed by atoms with Crippen LogP contribution in [0.4, 0.5) is 13.2 Å². The fourth-order valence-electron chi connectivity index (χ4n) is 2.27. The number of rotatable bonds is 7. The maximum absolute atomic E-state index is 13.4. The van der Waals surface area contributed by atoms with Gasteiger partial charge < -0.3 is 15.2 Å². The Kier molecular flexibility index (Phi) is 6.15. The van der Waals surface area contributed by atoms with Crippen molar-refractivity contribution in [1.29, 1.82) is 0 Å². The lowest BCUT2D eigenvalue weighted by Crippen LogP contribution is -2.25. The van der Waals surface area contributed by atoms with Crippen LogP contribution in [0, 0.1) is 17.5 Å². The Morgan fingerprint density at radius 1 is 1.04 bits per heavy atom. The van der Waals surface area contributed by atoms with Crippen LogP contribution >= 0.6 is 0 Å². The molecule has 2 rings (SSSR count). The molecule has 23 heavy (non-hydrogen) atoms. The lowest BCUT2D eigenvalue weighted by molar-refractivity contribution is 0.166. The van der Waals surface area contributed by atoms with Gasteiger partial charge in [0.15, 0.2) is 11.6 Å². The molecule has 0 aliphatic rings. The van der Waals surface area contributed by atoms with E-state index in [0.717, 1.165) is 17.7 Å². The number of ether oxygens (including phenoxy) is 1. The quantitative estimate of drug-likeness (QED) is 0.822. The van der Waals surface area contributed by atoms with Gasteiger partial charge in [0.1, 0.15) is 5.82 Å². The molecule has 0 spiro atoms. The predicted octanol–water partition coefficient (Wildman–Crippen LogP) is 3.07. The Hall–Kier alpha value is -1.89. The van der Waals surface area contributed by atoms with Crippen LogP contribution in [-0.2, 0) is 17.9 Å². The second kappa shape index (κ2) is 8.10. The number of halogens is 3. The molecule has 1 atom stereocenters. The minimum atomic E-state index is -0.922. The third-order valence-electron chi connectivity index (χ3n) is 3.51. The minimum absolute atomic E-state index is 0.209. The van der Waals surface area contributed by atoms with Crippen molar-refractivity contribution in [3.05, 3.63) is 70.5 Å². The molecule has 3 nitrogen and oxygen atoms in total. The van der Waals surface area contributed by atoms with E-state index in [0.29, 0.717) is 12.1 Å². The van der Waals surface area contributed by atoms with Gasteiger partial charge in [0, 0.05) is 19.2 Å². The largest absolute Gasteiger partial charge is 0.392 e. The molecule has 0 heterocycles. The van der Waals surface area contributed by atoms with Crippen molar-refractivity contribution < 1.29 is 23.0 Å². The lowest BCUT2D eigenvalue weighted by atomic mass is 10.1. The highest BCUT2D eigenvalue weighted by atomic mass is 19.2. The normalized spacial score (nSPS) is 12.4. The van der Waals surface area contributed by atoms with Gasteiger partial charge in [-0.1, -0.05) is 12.1 Å². The molecule has 1 unspecified atom stereocenters. The summed E-state index contributed by atoms with van der Waals surface area (Å²) in [7, 11) is 1.51. The van der Waals surface area contributed by atoms with Gasteiger partial charge in [-0.25, -0.2) is 13.2 Å². The summed E-state index contributed by atoms with van der Waals surface area (Å²) >= 11 is 0. The molecule has 2 N–H and O–H groups in total. The third-order valence-corrected chi connectivity index (χ3v) is 3.51. The Bertz CT molecular complexity index is 664. The molecule has 0 fully saturated rings. The van der Waals surface area contributed by atoms with E-state index in [1.165, 1.54) is 19.2 Å². The molecular formula is C17H18F3NO2. The van der Waals surface area contributed by atoms with E-state index >= 15 is 0 Å². The summed E-state index contributed by atoms with van der Waals surface area (Å²) in [6.45, 7) is 0.240. The molecular weight excluding hydrogens is 307 g/mol. The van der Waals surface area contributed by atoms with Gasteiger partial charge in [0.05, 0.1) is 19.3 Å². The highest BCUT2D eigenvalue weighted by Crippen LogP contribution is 2.18. The topological polar surface area (TPSA) is 41.5 Å². The van der Waals surface area contributed by atoms with Crippen LogP contribution in [0.3, 0.4) is 0 Å². The Labute approximate surface area is 132 Å². The van der Waals surface area contributed by atoms with Gasteiger partial charge in [-0.2, -0.15) is 0 Å². The summed E-state index contributed by atoms with van der Waals surface area (Å²) in [6, 6.07) is 7.75. The summed E-state index contributed by atoms with van der Waals surface area (Å²) in [5.74, 6) is -2.30. The maximum atomic E-state index is 13.4. The van der Waals surface area contributed by atoms with Gasteiger partial charge in [-0.05, 0) is 35.4 Å². The minimum Gasteiger partial charge on any atom is -0.392 e. The van der Waals surface area contributed by atoms with Crippen LogP contribution in [0.2, 0.25) is 0 Å². The van der Waals surface area contributed by atoms with Gasteiger partial charge in [-0.15, -0.1) is 0 Å². The third kappa shape index (κ3) is 4.54. The molecule has 0 aliphatic carbocycles. The summed E-state index contributed by atoms with van der Waals surface area (Å²) in [4.78, 5) is 0.